The van der Waals surface area contributed by atoms with Crippen LogP contribution in [0.4, 0.5) is 5.69 Å². The molecule has 1 aliphatic carbocycles. The molecule has 142 valence electrons. The van der Waals surface area contributed by atoms with Gasteiger partial charge in [0.1, 0.15) is 0 Å². The summed E-state index contributed by atoms with van der Waals surface area (Å²) in [4.78, 5) is 21.7. The van der Waals surface area contributed by atoms with Gasteiger partial charge in [0.05, 0.1) is 11.9 Å². The van der Waals surface area contributed by atoms with Crippen LogP contribution in [0.25, 0.3) is 10.8 Å². The average Bonchev–Trinajstić information content (AvgIpc) is 3.54. The maximum absolute atomic E-state index is 13.0. The molecule has 28 heavy (non-hydrogen) atoms. The Morgan fingerprint density at radius 2 is 1.71 bits per heavy atom. The Morgan fingerprint density at radius 3 is 2.54 bits per heavy atom. The Morgan fingerprint density at radius 1 is 0.964 bits per heavy atom. The lowest BCUT2D eigenvalue weighted by Crippen LogP contribution is -2.49. The fraction of sp³-hybridized carbons (Fsp3) is 0.304. The van der Waals surface area contributed by atoms with E-state index in [9.17, 15) is 4.79 Å². The van der Waals surface area contributed by atoms with Crippen LogP contribution in [0.3, 0.4) is 0 Å². The lowest BCUT2D eigenvalue weighted by molar-refractivity contribution is -0.132. The van der Waals surface area contributed by atoms with Gasteiger partial charge < -0.3 is 9.80 Å². The summed E-state index contributed by atoms with van der Waals surface area (Å²) in [6, 6.07) is 16.2. The topological polar surface area (TPSA) is 36.4 Å². The maximum Gasteiger partial charge on any atom is 0.226 e. The highest BCUT2D eigenvalue weighted by molar-refractivity contribution is 6.31. The molecule has 0 N–H and O–H groups in total. The number of carbonyl (C=O) groups is 1. The molecule has 5 heteroatoms. The number of fused-ring (bicyclic) bond motifs is 1. The van der Waals surface area contributed by atoms with Gasteiger partial charge in [-0.15, -0.1) is 0 Å². The van der Waals surface area contributed by atoms with Gasteiger partial charge in [-0.25, -0.2) is 0 Å². The van der Waals surface area contributed by atoms with Crippen LogP contribution in [0.1, 0.15) is 17.9 Å². The van der Waals surface area contributed by atoms with Crippen molar-refractivity contribution < 1.29 is 4.79 Å². The van der Waals surface area contributed by atoms with Gasteiger partial charge in [-0.3, -0.25) is 9.78 Å². The highest BCUT2D eigenvalue weighted by Crippen LogP contribution is 2.50. The van der Waals surface area contributed by atoms with E-state index in [0.29, 0.717) is 0 Å². The van der Waals surface area contributed by atoms with Crippen molar-refractivity contribution in [3.63, 3.8) is 0 Å². The van der Waals surface area contributed by atoms with E-state index in [0.717, 1.165) is 54.3 Å². The third-order valence-electron chi connectivity index (χ3n) is 5.99. The van der Waals surface area contributed by atoms with Gasteiger partial charge in [0.15, 0.2) is 0 Å². The molecule has 2 aliphatic rings. The number of benzene rings is 2. The quantitative estimate of drug-likeness (QED) is 0.666. The number of hydrogen-bond acceptors (Lipinski definition) is 3. The lowest BCUT2D eigenvalue weighted by atomic mass is 10.1. The summed E-state index contributed by atoms with van der Waals surface area (Å²) < 4.78 is 0. The molecule has 1 amide bonds. The van der Waals surface area contributed by atoms with E-state index in [-0.39, 0.29) is 17.7 Å². The summed E-state index contributed by atoms with van der Waals surface area (Å²) >= 11 is 6.31. The summed E-state index contributed by atoms with van der Waals surface area (Å²) in [5.74, 6) is 0.646. The molecule has 0 spiro atoms. The molecule has 2 aromatic carbocycles. The predicted octanol–water partition coefficient (Wildman–Crippen LogP) is 4.34. The highest BCUT2D eigenvalue weighted by atomic mass is 35.5. The minimum atomic E-state index is 0.0886. The number of anilines is 1. The summed E-state index contributed by atoms with van der Waals surface area (Å²) in [5.41, 5.74) is 2.27. The Labute approximate surface area is 169 Å². The molecule has 2 atom stereocenters. The second-order valence-corrected chi connectivity index (χ2v) is 8.07. The Balaban J connectivity index is 1.25. The van der Waals surface area contributed by atoms with Crippen molar-refractivity contribution in [1.82, 2.24) is 9.88 Å². The molecule has 2 heterocycles. The monoisotopic (exact) mass is 391 g/mol. The average molecular weight is 392 g/mol. The molecule has 1 saturated carbocycles. The van der Waals surface area contributed by atoms with Gasteiger partial charge in [-0.05, 0) is 24.0 Å². The first-order chi connectivity index (χ1) is 13.7. The van der Waals surface area contributed by atoms with Crippen molar-refractivity contribution in [3.05, 3.63) is 71.5 Å². The zero-order valence-corrected chi connectivity index (χ0v) is 16.3. The van der Waals surface area contributed by atoms with E-state index < -0.39 is 0 Å². The molecule has 0 radical (unpaired) electrons. The normalized spacial score (nSPS) is 21.8. The summed E-state index contributed by atoms with van der Waals surface area (Å²) in [6.45, 7) is 3.19. The molecular formula is C23H22ClN3O. The number of rotatable bonds is 3. The SMILES string of the molecule is O=C([C@H]1C[C@H]1c1ccccc1Cl)N1CCN(c2cncc3ccccc23)CC1. The number of hydrogen-bond donors (Lipinski definition) is 0. The van der Waals surface area contributed by atoms with Crippen molar-refractivity contribution >= 4 is 34.0 Å². The molecule has 5 rings (SSSR count). The van der Waals surface area contributed by atoms with Crippen LogP contribution < -0.4 is 4.90 Å². The largest absolute Gasteiger partial charge is 0.366 e. The van der Waals surface area contributed by atoms with Crippen LogP contribution in [0.5, 0.6) is 0 Å². The summed E-state index contributed by atoms with van der Waals surface area (Å²) in [6.07, 6.45) is 4.75. The van der Waals surface area contributed by atoms with Gasteiger partial charge in [0, 0.05) is 54.1 Å². The van der Waals surface area contributed by atoms with Crippen molar-refractivity contribution in [2.45, 2.75) is 12.3 Å². The van der Waals surface area contributed by atoms with Gasteiger partial charge in [0.25, 0.3) is 0 Å². The number of carbonyl (C=O) groups excluding carboxylic acids is 1. The van der Waals surface area contributed by atoms with Gasteiger partial charge in [-0.2, -0.15) is 0 Å². The standard InChI is InChI=1S/C23H22ClN3O/c24-21-8-4-3-7-18(21)19-13-20(19)23(28)27-11-9-26(10-12-27)22-15-25-14-16-5-1-2-6-17(16)22/h1-8,14-15,19-20H,9-13H2/t19-,20-/m0/s1. The predicted molar refractivity (Wildman–Crippen MR) is 113 cm³/mol. The first-order valence-corrected chi connectivity index (χ1v) is 10.2. The second kappa shape index (κ2) is 7.10. The van der Waals surface area contributed by atoms with Crippen LogP contribution in [0.15, 0.2) is 60.9 Å². The molecule has 0 unspecified atom stereocenters. The minimum Gasteiger partial charge on any atom is -0.366 e. The lowest BCUT2D eigenvalue weighted by Gasteiger charge is -2.36. The molecule has 1 aliphatic heterocycles. The van der Waals surface area contributed by atoms with E-state index in [1.807, 2.05) is 47.6 Å². The number of pyridine rings is 1. The fourth-order valence-electron chi connectivity index (χ4n) is 4.34. The van der Waals surface area contributed by atoms with Crippen LogP contribution >= 0.6 is 11.6 Å². The molecule has 0 bridgehead atoms. The summed E-state index contributed by atoms with van der Waals surface area (Å²) in [7, 11) is 0. The minimum absolute atomic E-state index is 0.0886. The number of piperazine rings is 1. The van der Waals surface area contributed by atoms with Gasteiger partial charge >= 0.3 is 0 Å². The Hall–Kier alpha value is -2.59. The zero-order chi connectivity index (χ0) is 19.1. The van der Waals surface area contributed by atoms with Crippen molar-refractivity contribution in [2.24, 2.45) is 5.92 Å². The first-order valence-electron chi connectivity index (χ1n) is 9.83. The van der Waals surface area contributed by atoms with Crippen molar-refractivity contribution in [1.29, 1.82) is 0 Å². The molecule has 2 fully saturated rings. The summed E-state index contributed by atoms with van der Waals surface area (Å²) in [5, 5.41) is 3.15. The number of aromatic nitrogens is 1. The Bertz CT molecular complexity index is 1020. The van der Waals surface area contributed by atoms with Crippen molar-refractivity contribution in [2.75, 3.05) is 31.1 Å². The maximum atomic E-state index is 13.0. The molecule has 1 saturated heterocycles. The van der Waals surface area contributed by atoms with E-state index in [1.54, 1.807) is 0 Å². The van der Waals surface area contributed by atoms with Gasteiger partial charge in [0.2, 0.25) is 5.91 Å². The van der Waals surface area contributed by atoms with Gasteiger partial charge in [-0.1, -0.05) is 54.1 Å². The highest BCUT2D eigenvalue weighted by Gasteiger charge is 2.46. The van der Waals surface area contributed by atoms with Crippen molar-refractivity contribution in [3.8, 4) is 0 Å². The molecule has 1 aromatic heterocycles. The molecular weight excluding hydrogens is 370 g/mol. The number of amides is 1. The number of nitrogens with zero attached hydrogens (tertiary/aromatic N) is 3. The van der Waals surface area contributed by atoms with E-state index in [2.05, 4.69) is 28.1 Å². The third-order valence-corrected chi connectivity index (χ3v) is 6.34. The second-order valence-electron chi connectivity index (χ2n) is 7.66. The van der Waals surface area contributed by atoms with E-state index >= 15 is 0 Å². The van der Waals surface area contributed by atoms with E-state index in [1.165, 1.54) is 5.39 Å². The van der Waals surface area contributed by atoms with Crippen LogP contribution in [0.2, 0.25) is 5.02 Å². The van der Waals surface area contributed by atoms with Crippen LogP contribution in [-0.2, 0) is 4.79 Å². The third kappa shape index (κ3) is 3.12. The fourth-order valence-corrected chi connectivity index (χ4v) is 4.62. The number of halogens is 1. The van der Waals surface area contributed by atoms with E-state index in [4.69, 9.17) is 11.6 Å². The molecule has 4 nitrogen and oxygen atoms in total. The van der Waals surface area contributed by atoms with Crippen LogP contribution in [0, 0.1) is 5.92 Å². The first kappa shape index (κ1) is 17.5. The molecule has 3 aromatic rings. The smallest absolute Gasteiger partial charge is 0.226 e. The van der Waals surface area contributed by atoms with Crippen LogP contribution in [-0.4, -0.2) is 42.0 Å². The Kier molecular flexibility index (Phi) is 4.44. The zero-order valence-electron chi connectivity index (χ0n) is 15.6.